The van der Waals surface area contributed by atoms with Crippen LogP contribution in [0.5, 0.6) is 0 Å². The van der Waals surface area contributed by atoms with Crippen LogP contribution in [-0.2, 0) is 4.79 Å². The average Bonchev–Trinajstić information content (AvgIpc) is 2.68. The van der Waals surface area contributed by atoms with E-state index < -0.39 is 0 Å². The Morgan fingerprint density at radius 2 is 1.82 bits per heavy atom. The van der Waals surface area contributed by atoms with Gasteiger partial charge in [-0.1, -0.05) is 23.9 Å². The first-order valence-electron chi connectivity index (χ1n) is 9.23. The van der Waals surface area contributed by atoms with Gasteiger partial charge in [0, 0.05) is 37.4 Å². The molecule has 2 N–H and O–H groups in total. The third kappa shape index (κ3) is 4.72. The molecule has 0 bridgehead atoms. The maximum absolute atomic E-state index is 12.6. The van der Waals surface area contributed by atoms with Gasteiger partial charge in [-0.05, 0) is 50.2 Å². The fraction of sp³-hybridized carbons (Fsp3) is 0.286. The summed E-state index contributed by atoms with van der Waals surface area (Å²) in [6.07, 6.45) is 0. The molecule has 1 unspecified atom stereocenters. The third-order valence-corrected chi connectivity index (χ3v) is 5.19. The van der Waals surface area contributed by atoms with E-state index in [1.807, 2.05) is 81.4 Å². The number of thioether (sulfide) groups is 1. The maximum atomic E-state index is 12.6. The SMILES string of the molecule is CCNc1nc(SC(C)C(=O)Nc2ccc(N(C)C)cc2)nc2ccccc12. The Balaban J connectivity index is 1.72. The lowest BCUT2D eigenvalue weighted by atomic mass is 10.2. The first kappa shape index (κ1) is 19.9. The highest BCUT2D eigenvalue weighted by molar-refractivity contribution is 8.00. The molecule has 28 heavy (non-hydrogen) atoms. The van der Waals surface area contributed by atoms with Crippen LogP contribution >= 0.6 is 11.8 Å². The van der Waals surface area contributed by atoms with Gasteiger partial charge in [0.05, 0.1) is 10.8 Å². The highest BCUT2D eigenvalue weighted by Gasteiger charge is 2.17. The van der Waals surface area contributed by atoms with Crippen molar-refractivity contribution >= 4 is 45.8 Å². The summed E-state index contributed by atoms with van der Waals surface area (Å²) in [6, 6.07) is 15.6. The van der Waals surface area contributed by atoms with Crippen LogP contribution < -0.4 is 15.5 Å². The molecule has 0 saturated carbocycles. The van der Waals surface area contributed by atoms with Crippen LogP contribution in [0, 0.1) is 0 Å². The molecule has 2 aromatic carbocycles. The van der Waals surface area contributed by atoms with Gasteiger partial charge in [0.15, 0.2) is 5.16 Å². The van der Waals surface area contributed by atoms with Crippen LogP contribution in [0.25, 0.3) is 10.9 Å². The number of nitrogens with zero attached hydrogens (tertiary/aromatic N) is 3. The number of rotatable bonds is 7. The molecule has 1 aromatic heterocycles. The molecular weight excluding hydrogens is 370 g/mol. The second-order valence-corrected chi connectivity index (χ2v) is 7.90. The van der Waals surface area contributed by atoms with E-state index in [-0.39, 0.29) is 11.2 Å². The summed E-state index contributed by atoms with van der Waals surface area (Å²) in [5, 5.41) is 7.47. The normalized spacial score (nSPS) is 11.9. The zero-order chi connectivity index (χ0) is 20.1. The lowest BCUT2D eigenvalue weighted by Gasteiger charge is -2.15. The van der Waals surface area contributed by atoms with Gasteiger partial charge in [0.1, 0.15) is 5.82 Å². The van der Waals surface area contributed by atoms with Crippen molar-refractivity contribution in [2.45, 2.75) is 24.3 Å². The average molecular weight is 396 g/mol. The van der Waals surface area contributed by atoms with Crippen molar-refractivity contribution in [3.63, 3.8) is 0 Å². The van der Waals surface area contributed by atoms with Crippen LogP contribution in [0.3, 0.4) is 0 Å². The lowest BCUT2D eigenvalue weighted by molar-refractivity contribution is -0.115. The minimum Gasteiger partial charge on any atom is -0.378 e. The quantitative estimate of drug-likeness (QED) is 0.460. The summed E-state index contributed by atoms with van der Waals surface area (Å²) in [4.78, 5) is 23.8. The summed E-state index contributed by atoms with van der Waals surface area (Å²) in [5.41, 5.74) is 2.72. The van der Waals surface area contributed by atoms with E-state index in [9.17, 15) is 4.79 Å². The monoisotopic (exact) mass is 395 g/mol. The lowest BCUT2D eigenvalue weighted by Crippen LogP contribution is -2.22. The first-order chi connectivity index (χ1) is 13.5. The topological polar surface area (TPSA) is 70.2 Å². The summed E-state index contributed by atoms with van der Waals surface area (Å²) in [6.45, 7) is 4.66. The number of anilines is 3. The Morgan fingerprint density at radius 1 is 1.11 bits per heavy atom. The summed E-state index contributed by atoms with van der Waals surface area (Å²) in [5.74, 6) is 0.715. The number of hydrogen-bond donors (Lipinski definition) is 2. The van der Waals surface area contributed by atoms with Crippen molar-refractivity contribution in [1.29, 1.82) is 0 Å². The number of hydrogen-bond acceptors (Lipinski definition) is 6. The van der Waals surface area contributed by atoms with Crippen LogP contribution in [0.1, 0.15) is 13.8 Å². The molecular formula is C21H25N5OS. The van der Waals surface area contributed by atoms with Crippen molar-refractivity contribution in [1.82, 2.24) is 9.97 Å². The second kappa shape index (κ2) is 8.93. The fourth-order valence-electron chi connectivity index (χ4n) is 2.71. The van der Waals surface area contributed by atoms with Gasteiger partial charge in [-0.2, -0.15) is 0 Å². The van der Waals surface area contributed by atoms with E-state index in [0.29, 0.717) is 5.16 Å². The largest absolute Gasteiger partial charge is 0.378 e. The molecule has 0 aliphatic heterocycles. The third-order valence-electron chi connectivity index (χ3n) is 4.23. The van der Waals surface area contributed by atoms with Gasteiger partial charge in [-0.25, -0.2) is 9.97 Å². The van der Waals surface area contributed by atoms with Gasteiger partial charge >= 0.3 is 0 Å². The Bertz CT molecular complexity index is 959. The zero-order valence-corrected chi connectivity index (χ0v) is 17.4. The standard InChI is InChI=1S/C21H25N5OS/c1-5-22-19-17-8-6-7-9-18(17)24-21(25-19)28-14(2)20(27)23-15-10-12-16(13-11-15)26(3)4/h6-14H,5H2,1-4H3,(H,23,27)(H,22,24,25). The first-order valence-corrected chi connectivity index (χ1v) is 10.1. The van der Waals surface area contributed by atoms with E-state index in [2.05, 4.69) is 20.6 Å². The Labute approximate surface area is 169 Å². The molecule has 0 radical (unpaired) electrons. The molecule has 146 valence electrons. The summed E-state index contributed by atoms with van der Waals surface area (Å²) in [7, 11) is 3.97. The summed E-state index contributed by atoms with van der Waals surface area (Å²) >= 11 is 1.35. The van der Waals surface area contributed by atoms with Crippen LogP contribution in [0.4, 0.5) is 17.2 Å². The molecule has 0 spiro atoms. The Hall–Kier alpha value is -2.80. The van der Waals surface area contributed by atoms with Crippen molar-refractivity contribution < 1.29 is 4.79 Å². The smallest absolute Gasteiger partial charge is 0.237 e. The molecule has 1 atom stereocenters. The van der Waals surface area contributed by atoms with E-state index >= 15 is 0 Å². The van der Waals surface area contributed by atoms with Crippen LogP contribution in [0.15, 0.2) is 53.7 Å². The number of para-hydroxylation sites is 1. The molecule has 1 amide bonds. The molecule has 6 nitrogen and oxygen atoms in total. The highest BCUT2D eigenvalue weighted by Crippen LogP contribution is 2.27. The van der Waals surface area contributed by atoms with Crippen molar-refractivity contribution in [2.75, 3.05) is 36.2 Å². The van der Waals surface area contributed by atoms with E-state index in [1.54, 1.807) is 0 Å². The van der Waals surface area contributed by atoms with Gasteiger partial charge in [0.25, 0.3) is 0 Å². The number of aromatic nitrogens is 2. The zero-order valence-electron chi connectivity index (χ0n) is 16.6. The Morgan fingerprint density at radius 3 is 2.50 bits per heavy atom. The molecule has 7 heteroatoms. The second-order valence-electron chi connectivity index (χ2n) is 6.59. The number of nitrogens with one attached hydrogen (secondary N) is 2. The van der Waals surface area contributed by atoms with E-state index in [4.69, 9.17) is 0 Å². The van der Waals surface area contributed by atoms with E-state index in [1.165, 1.54) is 11.8 Å². The van der Waals surface area contributed by atoms with Crippen molar-refractivity contribution in [2.24, 2.45) is 0 Å². The molecule has 0 fully saturated rings. The summed E-state index contributed by atoms with van der Waals surface area (Å²) < 4.78 is 0. The van der Waals surface area contributed by atoms with Gasteiger partial charge in [-0.3, -0.25) is 4.79 Å². The minimum absolute atomic E-state index is 0.0793. The van der Waals surface area contributed by atoms with Gasteiger partial charge in [-0.15, -0.1) is 0 Å². The fourth-order valence-corrected chi connectivity index (χ4v) is 3.49. The number of fused-ring (bicyclic) bond motifs is 1. The van der Waals surface area contributed by atoms with Crippen molar-refractivity contribution in [3.8, 4) is 0 Å². The molecule has 0 saturated heterocycles. The van der Waals surface area contributed by atoms with E-state index in [0.717, 1.165) is 34.6 Å². The van der Waals surface area contributed by atoms with Crippen molar-refractivity contribution in [3.05, 3.63) is 48.5 Å². The van der Waals surface area contributed by atoms with Crippen LogP contribution in [-0.4, -0.2) is 41.8 Å². The number of carbonyl (C=O) groups is 1. The van der Waals surface area contributed by atoms with Crippen LogP contribution in [0.2, 0.25) is 0 Å². The number of benzene rings is 2. The highest BCUT2D eigenvalue weighted by atomic mass is 32.2. The Kier molecular flexibility index (Phi) is 6.36. The predicted octanol–water partition coefficient (Wildman–Crippen LogP) is 4.25. The molecule has 1 heterocycles. The number of carbonyl (C=O) groups excluding carboxylic acids is 1. The molecule has 0 aliphatic rings. The predicted molar refractivity (Wildman–Crippen MR) is 118 cm³/mol. The number of amides is 1. The molecule has 3 rings (SSSR count). The maximum Gasteiger partial charge on any atom is 0.237 e. The van der Waals surface area contributed by atoms with Gasteiger partial charge < -0.3 is 15.5 Å². The molecule has 3 aromatic rings. The molecule has 0 aliphatic carbocycles. The minimum atomic E-state index is -0.329. The van der Waals surface area contributed by atoms with Gasteiger partial charge in [0.2, 0.25) is 5.91 Å².